The molecule has 104 valence electrons. The van der Waals surface area contributed by atoms with Crippen LogP contribution in [0.15, 0.2) is 30.7 Å². The van der Waals surface area contributed by atoms with Gasteiger partial charge in [-0.15, -0.1) is 11.3 Å². The molecule has 0 amide bonds. The molecular weight excluding hydrogens is 296 g/mol. The Kier molecular flexibility index (Phi) is 4.17. The number of nitrogens with two attached hydrogens (primary N) is 2. The molecule has 1 unspecified atom stereocenters. The highest BCUT2D eigenvalue weighted by molar-refractivity contribution is 7.18. The normalized spacial score (nSPS) is 12.2. The Bertz CT molecular complexity index is 683. The lowest BCUT2D eigenvalue weighted by molar-refractivity contribution is 0.104. The number of hydrogen-bond acceptors (Lipinski definition) is 6. The van der Waals surface area contributed by atoms with Gasteiger partial charge in [0, 0.05) is 11.8 Å². The highest BCUT2D eigenvalue weighted by Crippen LogP contribution is 2.34. The van der Waals surface area contributed by atoms with Gasteiger partial charge >= 0.3 is 0 Å². The Balaban J connectivity index is 2.40. The van der Waals surface area contributed by atoms with Crippen molar-refractivity contribution in [3.63, 3.8) is 0 Å². The van der Waals surface area contributed by atoms with Gasteiger partial charge in [0.2, 0.25) is 5.78 Å². The molecule has 0 radical (unpaired) electrons. The molecule has 2 heterocycles. The fraction of sp³-hybridized carbons (Fsp3) is 0.154. The van der Waals surface area contributed by atoms with E-state index in [1.807, 2.05) is 6.92 Å². The quantitative estimate of drug-likeness (QED) is 0.668. The highest BCUT2D eigenvalue weighted by Gasteiger charge is 2.21. The summed E-state index contributed by atoms with van der Waals surface area (Å²) in [7, 11) is 0. The second-order valence-electron chi connectivity index (χ2n) is 4.31. The minimum absolute atomic E-state index is 0.139. The first kappa shape index (κ1) is 14.6. The van der Waals surface area contributed by atoms with Crippen molar-refractivity contribution in [2.75, 3.05) is 5.73 Å². The van der Waals surface area contributed by atoms with Gasteiger partial charge in [-0.1, -0.05) is 23.8 Å². The number of ketones is 1. The van der Waals surface area contributed by atoms with Crippen molar-refractivity contribution in [2.24, 2.45) is 5.73 Å². The van der Waals surface area contributed by atoms with Crippen LogP contribution >= 0.6 is 22.9 Å². The number of nitrogen functional groups attached to an aromatic ring is 1. The van der Waals surface area contributed by atoms with Gasteiger partial charge < -0.3 is 11.5 Å². The first-order chi connectivity index (χ1) is 9.41. The molecule has 0 spiro atoms. The van der Waals surface area contributed by atoms with Crippen LogP contribution < -0.4 is 11.5 Å². The number of carbonyl (C=O) groups excluding carboxylic acids is 1. The van der Waals surface area contributed by atoms with Gasteiger partial charge in [0.25, 0.3) is 0 Å². The van der Waals surface area contributed by atoms with E-state index >= 15 is 0 Å². The first-order valence-electron chi connectivity index (χ1n) is 5.72. The number of halogens is 1. The maximum Gasteiger partial charge on any atom is 0.208 e. The Labute approximate surface area is 125 Å². The van der Waals surface area contributed by atoms with Crippen LogP contribution in [-0.2, 0) is 0 Å². The molecule has 0 bridgehead atoms. The Hall–Kier alpha value is -1.76. The summed E-state index contributed by atoms with van der Waals surface area (Å²) in [5.41, 5.74) is 13.4. The average Bonchev–Trinajstić information content (AvgIpc) is 2.79. The molecule has 7 heteroatoms. The Morgan fingerprint density at radius 1 is 1.55 bits per heavy atom. The Morgan fingerprint density at radius 3 is 2.85 bits per heavy atom. The fourth-order valence-electron chi connectivity index (χ4n) is 1.62. The zero-order chi connectivity index (χ0) is 14.9. The molecular formula is C13H13ClN4OS. The number of aromatic nitrogens is 2. The first-order valence-corrected chi connectivity index (χ1v) is 6.91. The molecule has 1 atom stereocenters. The summed E-state index contributed by atoms with van der Waals surface area (Å²) in [6.07, 6.45) is 2.67. The molecule has 0 saturated heterocycles. The molecule has 2 aromatic rings. The summed E-state index contributed by atoms with van der Waals surface area (Å²) in [6, 6.07) is 1.27. The summed E-state index contributed by atoms with van der Waals surface area (Å²) in [5.74, 6) is -0.129. The maximum atomic E-state index is 12.4. The zero-order valence-corrected chi connectivity index (χ0v) is 12.3. The summed E-state index contributed by atoms with van der Waals surface area (Å²) in [4.78, 5) is 20.4. The molecule has 4 N–H and O–H groups in total. The minimum Gasteiger partial charge on any atom is -0.383 e. The molecule has 0 saturated carbocycles. The van der Waals surface area contributed by atoms with Crippen LogP contribution in [0.25, 0.3) is 0 Å². The monoisotopic (exact) mass is 308 g/mol. The van der Waals surface area contributed by atoms with E-state index in [-0.39, 0.29) is 17.2 Å². The van der Waals surface area contributed by atoms with Gasteiger partial charge in [-0.3, -0.25) is 4.79 Å². The van der Waals surface area contributed by atoms with E-state index in [1.54, 1.807) is 6.07 Å². The average molecular weight is 309 g/mol. The standard InChI is InChI=1S/C13H13ClN4OS/c1-6(2)10(15)7-3-9(20-12(7)14)11(19)8-4-17-5-18-13(8)16/h3-5,10H,1,15H2,2H3,(H2,16,17,18). The zero-order valence-electron chi connectivity index (χ0n) is 10.8. The predicted molar refractivity (Wildman–Crippen MR) is 80.9 cm³/mol. The highest BCUT2D eigenvalue weighted by atomic mass is 35.5. The van der Waals surface area contributed by atoms with Gasteiger partial charge in [0.05, 0.1) is 20.8 Å². The van der Waals surface area contributed by atoms with Gasteiger partial charge in [-0.25, -0.2) is 9.97 Å². The fourth-order valence-corrected chi connectivity index (χ4v) is 2.93. The predicted octanol–water partition coefficient (Wildman–Crippen LogP) is 2.58. The van der Waals surface area contributed by atoms with Crippen LogP contribution in [0.4, 0.5) is 5.82 Å². The second kappa shape index (κ2) is 5.70. The van der Waals surface area contributed by atoms with E-state index in [4.69, 9.17) is 23.1 Å². The largest absolute Gasteiger partial charge is 0.383 e. The summed E-state index contributed by atoms with van der Waals surface area (Å²) >= 11 is 7.29. The van der Waals surface area contributed by atoms with E-state index in [0.29, 0.717) is 14.8 Å². The SMILES string of the molecule is C=C(C)C(N)c1cc(C(=O)c2cncnc2N)sc1Cl. The van der Waals surface area contributed by atoms with Gasteiger partial charge in [0.15, 0.2) is 0 Å². The van der Waals surface area contributed by atoms with Crippen LogP contribution in [0.3, 0.4) is 0 Å². The molecule has 2 aromatic heterocycles. The number of hydrogen-bond donors (Lipinski definition) is 2. The van der Waals surface area contributed by atoms with Crippen LogP contribution in [0.1, 0.15) is 33.8 Å². The van der Waals surface area contributed by atoms with Crippen molar-refractivity contribution in [1.29, 1.82) is 0 Å². The number of nitrogens with zero attached hydrogens (tertiary/aromatic N) is 2. The van der Waals surface area contributed by atoms with Gasteiger partial charge in [-0.2, -0.15) is 0 Å². The van der Waals surface area contributed by atoms with E-state index in [1.165, 1.54) is 12.5 Å². The van der Waals surface area contributed by atoms with Crippen molar-refractivity contribution >= 4 is 34.5 Å². The number of thiophene rings is 1. The molecule has 20 heavy (non-hydrogen) atoms. The molecule has 0 aliphatic carbocycles. The third-order valence-corrected chi connectivity index (χ3v) is 4.18. The lowest BCUT2D eigenvalue weighted by atomic mass is 10.0. The second-order valence-corrected chi connectivity index (χ2v) is 5.97. The molecule has 2 rings (SSSR count). The third kappa shape index (κ3) is 2.72. The summed E-state index contributed by atoms with van der Waals surface area (Å²) in [6.45, 7) is 5.60. The van der Waals surface area contributed by atoms with E-state index < -0.39 is 6.04 Å². The van der Waals surface area contributed by atoms with E-state index in [9.17, 15) is 4.79 Å². The molecule has 0 aliphatic heterocycles. The van der Waals surface area contributed by atoms with E-state index in [0.717, 1.165) is 16.9 Å². The van der Waals surface area contributed by atoms with Crippen LogP contribution in [0.2, 0.25) is 4.34 Å². The van der Waals surface area contributed by atoms with E-state index in [2.05, 4.69) is 16.5 Å². The lowest BCUT2D eigenvalue weighted by Gasteiger charge is -2.09. The van der Waals surface area contributed by atoms with Crippen molar-refractivity contribution in [1.82, 2.24) is 9.97 Å². The minimum atomic E-state index is -0.398. The number of anilines is 1. The van der Waals surface area contributed by atoms with Crippen molar-refractivity contribution in [3.05, 3.63) is 51.1 Å². The molecule has 0 fully saturated rings. The Morgan fingerprint density at radius 2 is 2.25 bits per heavy atom. The summed E-state index contributed by atoms with van der Waals surface area (Å²) in [5, 5.41) is 0. The van der Waals surface area contributed by atoms with Crippen LogP contribution in [-0.4, -0.2) is 15.8 Å². The number of rotatable bonds is 4. The summed E-state index contributed by atoms with van der Waals surface area (Å²) < 4.78 is 0.472. The van der Waals surface area contributed by atoms with Crippen LogP contribution in [0, 0.1) is 0 Å². The molecule has 0 aliphatic rings. The number of carbonyl (C=O) groups is 1. The topological polar surface area (TPSA) is 94.9 Å². The van der Waals surface area contributed by atoms with Crippen molar-refractivity contribution in [2.45, 2.75) is 13.0 Å². The van der Waals surface area contributed by atoms with Crippen molar-refractivity contribution in [3.8, 4) is 0 Å². The molecule has 5 nitrogen and oxygen atoms in total. The lowest BCUT2D eigenvalue weighted by Crippen LogP contribution is -2.10. The van der Waals surface area contributed by atoms with Crippen LogP contribution in [0.5, 0.6) is 0 Å². The third-order valence-electron chi connectivity index (χ3n) is 2.79. The maximum absolute atomic E-state index is 12.4. The van der Waals surface area contributed by atoms with Gasteiger partial charge in [-0.05, 0) is 13.0 Å². The molecule has 0 aromatic carbocycles. The smallest absolute Gasteiger partial charge is 0.208 e. The van der Waals surface area contributed by atoms with Gasteiger partial charge in [0.1, 0.15) is 12.1 Å². The van der Waals surface area contributed by atoms with Crippen molar-refractivity contribution < 1.29 is 4.79 Å².